The first-order valence-corrected chi connectivity index (χ1v) is 13.6. The summed E-state index contributed by atoms with van der Waals surface area (Å²) in [7, 11) is 1.46. The topological polar surface area (TPSA) is 172 Å². The summed E-state index contributed by atoms with van der Waals surface area (Å²) >= 11 is 2.48. The smallest absolute Gasteiger partial charge is 0.358 e. The third-order valence-corrected chi connectivity index (χ3v) is 7.28. The number of carbonyl (C=O) groups excluding carboxylic acids is 4. The maximum absolute atomic E-state index is 13.2. The van der Waals surface area contributed by atoms with Crippen LogP contribution in [-0.2, 0) is 38.2 Å². The van der Waals surface area contributed by atoms with E-state index in [1.165, 1.54) is 30.7 Å². The van der Waals surface area contributed by atoms with Gasteiger partial charge in [-0.15, -0.1) is 23.1 Å². The fraction of sp³-hybridized carbons (Fsp3) is 0.565. The molecule has 13 nitrogen and oxygen atoms in total. The number of fused-ring (bicyclic) bond motifs is 1. The molecule has 208 valence electrons. The van der Waals surface area contributed by atoms with Crippen LogP contribution in [0.2, 0.25) is 0 Å². The zero-order valence-corrected chi connectivity index (χ0v) is 23.6. The second-order valence-corrected chi connectivity index (χ2v) is 11.3. The van der Waals surface area contributed by atoms with E-state index in [4.69, 9.17) is 24.8 Å². The van der Waals surface area contributed by atoms with Crippen molar-refractivity contribution < 1.29 is 38.2 Å². The Morgan fingerprint density at radius 2 is 2.03 bits per heavy atom. The van der Waals surface area contributed by atoms with Crippen molar-refractivity contribution in [3.8, 4) is 0 Å². The van der Waals surface area contributed by atoms with Gasteiger partial charge in [0.2, 0.25) is 6.29 Å². The van der Waals surface area contributed by atoms with Crippen LogP contribution in [0, 0.1) is 5.41 Å². The van der Waals surface area contributed by atoms with Crippen molar-refractivity contribution in [1.82, 2.24) is 15.2 Å². The quantitative estimate of drug-likeness (QED) is 0.137. The minimum absolute atomic E-state index is 0.000221. The highest BCUT2D eigenvalue weighted by molar-refractivity contribution is 8.00. The summed E-state index contributed by atoms with van der Waals surface area (Å²) in [6.45, 7) is 8.44. The van der Waals surface area contributed by atoms with E-state index in [0.717, 1.165) is 11.3 Å². The van der Waals surface area contributed by atoms with Crippen LogP contribution >= 0.6 is 23.1 Å². The molecule has 2 aliphatic heterocycles. The molecule has 3 heterocycles. The predicted molar refractivity (Wildman–Crippen MR) is 140 cm³/mol. The number of amides is 2. The number of oxime groups is 1. The van der Waals surface area contributed by atoms with E-state index in [2.05, 4.69) is 15.5 Å². The van der Waals surface area contributed by atoms with Gasteiger partial charge in [0.05, 0.1) is 12.0 Å². The van der Waals surface area contributed by atoms with Crippen LogP contribution in [-0.4, -0.2) is 83.1 Å². The molecule has 0 aliphatic carbocycles. The maximum atomic E-state index is 13.2. The number of nitrogen functional groups attached to an aromatic ring is 1. The molecule has 0 saturated carbocycles. The zero-order chi connectivity index (χ0) is 28.2. The molecule has 0 spiro atoms. The van der Waals surface area contributed by atoms with Crippen LogP contribution in [0.4, 0.5) is 5.13 Å². The number of β-lactam (4-membered cyclic amide) rings is 1. The van der Waals surface area contributed by atoms with E-state index >= 15 is 0 Å². The van der Waals surface area contributed by atoms with Crippen molar-refractivity contribution in [2.45, 2.75) is 52.3 Å². The number of hydrogen-bond donors (Lipinski definition) is 2. The molecule has 3 N–H and O–H groups in total. The molecule has 38 heavy (non-hydrogen) atoms. The van der Waals surface area contributed by atoms with Gasteiger partial charge >= 0.3 is 11.9 Å². The summed E-state index contributed by atoms with van der Waals surface area (Å²) in [5.74, 6) is -2.25. The number of nitrogens with two attached hydrogens (primary N) is 1. The molecule has 2 aliphatic rings. The molecule has 15 heteroatoms. The van der Waals surface area contributed by atoms with Gasteiger partial charge in [0.1, 0.15) is 29.4 Å². The molecule has 0 bridgehead atoms. The first kappa shape index (κ1) is 29.4. The average molecular weight is 570 g/mol. The number of thioether (sulfide) groups is 1. The van der Waals surface area contributed by atoms with Gasteiger partial charge in [0.15, 0.2) is 10.8 Å². The van der Waals surface area contributed by atoms with Gasteiger partial charge < -0.3 is 30.1 Å². The largest absolute Gasteiger partial charge is 0.425 e. The fourth-order valence-electron chi connectivity index (χ4n) is 3.45. The lowest BCUT2D eigenvalue weighted by Crippen LogP contribution is -2.71. The zero-order valence-electron chi connectivity index (χ0n) is 21.9. The minimum Gasteiger partial charge on any atom is -0.425 e. The third-order valence-electron chi connectivity index (χ3n) is 5.27. The molecule has 1 aromatic rings. The number of nitrogens with zero attached hydrogens (tertiary/aromatic N) is 3. The van der Waals surface area contributed by atoms with E-state index in [9.17, 15) is 19.2 Å². The summed E-state index contributed by atoms with van der Waals surface area (Å²) in [5.41, 5.74) is 5.51. The lowest BCUT2D eigenvalue weighted by Gasteiger charge is -2.49. The Bertz CT molecular complexity index is 1160. The third kappa shape index (κ3) is 6.45. The predicted octanol–water partition coefficient (Wildman–Crippen LogP) is 1.24. The highest BCUT2D eigenvalue weighted by Crippen LogP contribution is 2.41. The Morgan fingerprint density at radius 1 is 1.32 bits per heavy atom. The van der Waals surface area contributed by atoms with Crippen LogP contribution in [0.1, 0.15) is 40.3 Å². The van der Waals surface area contributed by atoms with Crippen molar-refractivity contribution in [2.24, 2.45) is 10.6 Å². The molecule has 0 radical (unpaired) electrons. The molecule has 1 saturated heterocycles. The van der Waals surface area contributed by atoms with Crippen molar-refractivity contribution >= 4 is 57.7 Å². The number of ether oxygens (including phenoxy) is 3. The molecule has 1 fully saturated rings. The first-order chi connectivity index (χ1) is 17.9. The van der Waals surface area contributed by atoms with Crippen LogP contribution < -0.4 is 11.1 Å². The number of carbonyl (C=O) groups is 4. The standard InChI is InChI=1S/C23H31N5O8S2/c1-7-34-27-14(13-10-38-22(24)25-13)17(29)26-15-18(30)28-16(12(8-33-6)9-37-19(15)28)20(31)35-11(2)36-21(32)23(3,4)5/h10-11,15,19H,7-9H2,1-6H3,(H2,24,25)(H,26,29)/t11?,15?,19-/m0/s1. The normalized spacial score (nSPS) is 20.3. The van der Waals surface area contributed by atoms with Gasteiger partial charge in [-0.2, -0.15) is 0 Å². The van der Waals surface area contributed by atoms with Crippen LogP contribution in [0.15, 0.2) is 21.8 Å². The number of hydrogen-bond acceptors (Lipinski definition) is 13. The number of aromatic nitrogens is 1. The number of methoxy groups -OCH3 is 1. The Kier molecular flexibility index (Phi) is 9.38. The van der Waals surface area contributed by atoms with Gasteiger partial charge in [-0.3, -0.25) is 19.3 Å². The second-order valence-electron chi connectivity index (χ2n) is 9.30. The molecule has 3 rings (SSSR count). The first-order valence-electron chi connectivity index (χ1n) is 11.7. The monoisotopic (exact) mass is 569 g/mol. The molecular weight excluding hydrogens is 538 g/mol. The van der Waals surface area contributed by atoms with Gasteiger partial charge in [0.25, 0.3) is 11.8 Å². The van der Waals surface area contributed by atoms with E-state index in [-0.39, 0.29) is 35.4 Å². The van der Waals surface area contributed by atoms with Gasteiger partial charge in [0, 0.05) is 25.2 Å². The number of rotatable bonds is 10. The average Bonchev–Trinajstić information content (AvgIpc) is 3.27. The summed E-state index contributed by atoms with van der Waals surface area (Å²) in [6, 6.07) is -0.946. The van der Waals surface area contributed by atoms with Crippen molar-refractivity contribution in [1.29, 1.82) is 0 Å². The highest BCUT2D eigenvalue weighted by atomic mass is 32.2. The summed E-state index contributed by atoms with van der Waals surface area (Å²) in [5, 5.41) is 7.71. The van der Waals surface area contributed by atoms with E-state index < -0.39 is 46.9 Å². The van der Waals surface area contributed by atoms with Crippen molar-refractivity contribution in [2.75, 3.05) is 31.8 Å². The lowest BCUT2D eigenvalue weighted by atomic mass is 9.97. The van der Waals surface area contributed by atoms with Gasteiger partial charge in [-0.25, -0.2) is 9.78 Å². The van der Waals surface area contributed by atoms with E-state index in [1.54, 1.807) is 33.1 Å². The molecule has 3 atom stereocenters. The number of thiazole rings is 1. The second kappa shape index (κ2) is 12.1. The van der Waals surface area contributed by atoms with Crippen molar-refractivity contribution in [3.05, 3.63) is 22.3 Å². The molecule has 1 aromatic heterocycles. The Labute approximate surface area is 228 Å². The summed E-state index contributed by atoms with van der Waals surface area (Å²) < 4.78 is 15.8. The number of nitrogens with one attached hydrogen (secondary N) is 1. The number of anilines is 1. The lowest BCUT2D eigenvalue weighted by molar-refractivity contribution is -0.190. The minimum atomic E-state index is -1.19. The fourth-order valence-corrected chi connectivity index (χ4v) is 5.33. The molecule has 2 unspecified atom stereocenters. The number of esters is 2. The summed E-state index contributed by atoms with van der Waals surface area (Å²) in [6.07, 6.45) is -1.19. The molecule has 0 aromatic carbocycles. The van der Waals surface area contributed by atoms with Crippen LogP contribution in [0.5, 0.6) is 0 Å². The highest BCUT2D eigenvalue weighted by Gasteiger charge is 2.55. The molecular formula is C23H31N5O8S2. The van der Waals surface area contributed by atoms with E-state index in [0.29, 0.717) is 11.3 Å². The van der Waals surface area contributed by atoms with Gasteiger partial charge in [-0.1, -0.05) is 5.16 Å². The Morgan fingerprint density at radius 3 is 2.61 bits per heavy atom. The maximum Gasteiger partial charge on any atom is 0.358 e. The Hall–Kier alpha value is -3.17. The SMILES string of the molecule is CCON=C(C(=O)NC1C(=O)N2C(C(=O)OC(C)OC(=O)C(C)(C)C)=C(COC)CS[C@@H]12)c1csc(N)n1. The summed E-state index contributed by atoms with van der Waals surface area (Å²) in [4.78, 5) is 61.9. The van der Waals surface area contributed by atoms with Gasteiger partial charge in [-0.05, 0) is 33.3 Å². The molecule has 2 amide bonds. The Balaban J connectivity index is 1.77. The van der Waals surface area contributed by atoms with E-state index in [1.807, 2.05) is 0 Å². The van der Waals surface area contributed by atoms with Crippen molar-refractivity contribution in [3.63, 3.8) is 0 Å². The van der Waals surface area contributed by atoms with Crippen LogP contribution in [0.25, 0.3) is 0 Å². The van der Waals surface area contributed by atoms with Crippen LogP contribution in [0.3, 0.4) is 0 Å².